The van der Waals surface area contributed by atoms with Crippen LogP contribution < -0.4 is 4.74 Å². The van der Waals surface area contributed by atoms with E-state index in [1.807, 2.05) is 68.6 Å². The minimum absolute atomic E-state index is 0.0164. The van der Waals surface area contributed by atoms with Crippen LogP contribution in [0.2, 0.25) is 0 Å². The van der Waals surface area contributed by atoms with Crippen LogP contribution in [0.15, 0.2) is 59.1 Å². The number of ether oxygens (including phenoxy) is 1. The molecule has 2 aromatic rings. The Morgan fingerprint density at radius 2 is 1.83 bits per heavy atom. The Morgan fingerprint density at radius 1 is 1.17 bits per heavy atom. The second-order valence-electron chi connectivity index (χ2n) is 5.25. The molecule has 2 rings (SSSR count). The topological polar surface area (TPSA) is 29.5 Å². The predicted molar refractivity (Wildman–Crippen MR) is 97.4 cm³/mol. The third-order valence-electron chi connectivity index (χ3n) is 3.84. The van der Waals surface area contributed by atoms with Crippen LogP contribution in [0.5, 0.6) is 5.75 Å². The first-order valence-corrected chi connectivity index (χ1v) is 8.15. The van der Waals surface area contributed by atoms with Crippen molar-refractivity contribution < 1.29 is 9.53 Å². The number of carbonyl (C=O) groups is 1. The van der Waals surface area contributed by atoms with E-state index in [1.165, 1.54) is 0 Å². The first-order valence-electron chi connectivity index (χ1n) is 7.36. The second kappa shape index (κ2) is 7.97. The highest BCUT2D eigenvalue weighted by Gasteiger charge is 2.15. The van der Waals surface area contributed by atoms with Gasteiger partial charge in [0.1, 0.15) is 5.75 Å². The van der Waals surface area contributed by atoms with E-state index in [-0.39, 0.29) is 11.9 Å². The average Bonchev–Trinajstić information content (AvgIpc) is 2.59. The zero-order chi connectivity index (χ0) is 16.8. The molecule has 0 spiro atoms. The molecule has 3 nitrogen and oxygen atoms in total. The van der Waals surface area contributed by atoms with Crippen molar-refractivity contribution in [1.29, 1.82) is 0 Å². The second-order valence-corrected chi connectivity index (χ2v) is 6.11. The first-order chi connectivity index (χ1) is 11.0. The van der Waals surface area contributed by atoms with Crippen molar-refractivity contribution in [2.45, 2.75) is 13.0 Å². The van der Waals surface area contributed by atoms with Gasteiger partial charge >= 0.3 is 0 Å². The van der Waals surface area contributed by atoms with Gasteiger partial charge in [0.05, 0.1) is 13.2 Å². The van der Waals surface area contributed by atoms with E-state index in [4.69, 9.17) is 4.74 Å². The maximum atomic E-state index is 12.4. The molecule has 0 saturated carbocycles. The third-order valence-corrected chi connectivity index (χ3v) is 4.56. The summed E-state index contributed by atoms with van der Waals surface area (Å²) in [5.41, 5.74) is 2.04. The summed E-state index contributed by atoms with van der Waals surface area (Å²) < 4.78 is 6.13. The third kappa shape index (κ3) is 4.45. The summed E-state index contributed by atoms with van der Waals surface area (Å²) in [5.74, 6) is 0.771. The maximum absolute atomic E-state index is 12.4. The molecule has 0 bridgehead atoms. The molecule has 120 valence electrons. The summed E-state index contributed by atoms with van der Waals surface area (Å²) in [6.45, 7) is 2.01. The lowest BCUT2D eigenvalue weighted by Gasteiger charge is -2.24. The minimum Gasteiger partial charge on any atom is -0.497 e. The monoisotopic (exact) mass is 373 g/mol. The Morgan fingerprint density at radius 3 is 2.43 bits per heavy atom. The number of benzene rings is 2. The van der Waals surface area contributed by atoms with Gasteiger partial charge in [-0.25, -0.2) is 0 Å². The van der Waals surface area contributed by atoms with Gasteiger partial charge in [-0.05, 0) is 42.3 Å². The van der Waals surface area contributed by atoms with Crippen LogP contribution >= 0.6 is 15.9 Å². The van der Waals surface area contributed by atoms with Gasteiger partial charge in [0.25, 0.3) is 0 Å². The number of hydrogen-bond acceptors (Lipinski definition) is 2. The molecule has 0 heterocycles. The van der Waals surface area contributed by atoms with Crippen LogP contribution in [0.25, 0.3) is 6.08 Å². The van der Waals surface area contributed by atoms with Crippen LogP contribution in [0.3, 0.4) is 0 Å². The average molecular weight is 374 g/mol. The van der Waals surface area contributed by atoms with Crippen molar-refractivity contribution in [1.82, 2.24) is 4.90 Å². The van der Waals surface area contributed by atoms with Gasteiger partial charge in [-0.3, -0.25) is 4.79 Å². The van der Waals surface area contributed by atoms with Gasteiger partial charge in [0.2, 0.25) is 5.91 Å². The lowest BCUT2D eigenvalue weighted by atomic mass is 10.1. The highest BCUT2D eigenvalue weighted by Crippen LogP contribution is 2.22. The van der Waals surface area contributed by atoms with Crippen molar-refractivity contribution >= 4 is 27.9 Å². The van der Waals surface area contributed by atoms with Crippen LogP contribution in [-0.4, -0.2) is 25.0 Å². The molecule has 0 N–H and O–H groups in total. The van der Waals surface area contributed by atoms with Gasteiger partial charge in [0.15, 0.2) is 0 Å². The molecule has 0 aliphatic heterocycles. The lowest BCUT2D eigenvalue weighted by molar-refractivity contribution is -0.126. The Labute approximate surface area is 145 Å². The Hall–Kier alpha value is -2.07. The summed E-state index contributed by atoms with van der Waals surface area (Å²) in [6.07, 6.45) is 3.42. The molecule has 0 radical (unpaired) electrons. The number of methoxy groups -OCH3 is 1. The van der Waals surface area contributed by atoms with Crippen molar-refractivity contribution in [3.63, 3.8) is 0 Å². The molecular formula is C19H20BrNO2. The Balaban J connectivity index is 2.07. The van der Waals surface area contributed by atoms with Crippen molar-refractivity contribution in [3.05, 3.63) is 70.2 Å². The number of rotatable bonds is 5. The summed E-state index contributed by atoms with van der Waals surface area (Å²) in [4.78, 5) is 14.1. The number of nitrogens with zero attached hydrogens (tertiary/aromatic N) is 1. The van der Waals surface area contributed by atoms with Crippen LogP contribution in [0.1, 0.15) is 24.1 Å². The van der Waals surface area contributed by atoms with E-state index in [0.717, 1.165) is 21.3 Å². The van der Waals surface area contributed by atoms with Crippen molar-refractivity contribution in [3.8, 4) is 5.75 Å². The van der Waals surface area contributed by atoms with E-state index in [0.29, 0.717) is 0 Å². The van der Waals surface area contributed by atoms with Gasteiger partial charge in [-0.15, -0.1) is 0 Å². The van der Waals surface area contributed by atoms with Gasteiger partial charge in [-0.2, -0.15) is 0 Å². The van der Waals surface area contributed by atoms with E-state index < -0.39 is 0 Å². The number of hydrogen-bond donors (Lipinski definition) is 0. The first kappa shape index (κ1) is 17.3. The molecule has 1 unspecified atom stereocenters. The van der Waals surface area contributed by atoms with Crippen molar-refractivity contribution in [2.24, 2.45) is 0 Å². The van der Waals surface area contributed by atoms with E-state index >= 15 is 0 Å². The fraction of sp³-hybridized carbons (Fsp3) is 0.211. The molecule has 23 heavy (non-hydrogen) atoms. The van der Waals surface area contributed by atoms with Crippen LogP contribution in [-0.2, 0) is 4.79 Å². The highest BCUT2D eigenvalue weighted by atomic mass is 79.9. The quantitative estimate of drug-likeness (QED) is 0.711. The molecule has 0 saturated heterocycles. The largest absolute Gasteiger partial charge is 0.497 e. The molecule has 1 amide bonds. The van der Waals surface area contributed by atoms with Gasteiger partial charge in [-0.1, -0.05) is 46.3 Å². The number of likely N-dealkylation sites (N-methyl/N-ethyl adjacent to an activating group) is 1. The standard InChI is InChI=1S/C19H20BrNO2/c1-14(15-8-11-17(23-3)12-9-15)21(2)19(22)13-10-16-6-4-5-7-18(16)20/h4-14H,1-3H3/b13-10+. The molecule has 4 heteroatoms. The van der Waals surface area contributed by atoms with Gasteiger partial charge < -0.3 is 9.64 Å². The van der Waals surface area contributed by atoms with Crippen LogP contribution in [0.4, 0.5) is 0 Å². The summed E-state index contributed by atoms with van der Waals surface area (Å²) >= 11 is 3.47. The maximum Gasteiger partial charge on any atom is 0.246 e. The SMILES string of the molecule is COc1ccc(C(C)N(C)C(=O)/C=C/c2ccccc2Br)cc1. The smallest absolute Gasteiger partial charge is 0.246 e. The number of carbonyl (C=O) groups excluding carboxylic acids is 1. The summed E-state index contributed by atoms with van der Waals surface area (Å²) in [7, 11) is 3.45. The predicted octanol–water partition coefficient (Wildman–Crippen LogP) is 4.69. The molecule has 0 aliphatic rings. The Bertz CT molecular complexity index is 695. The van der Waals surface area contributed by atoms with E-state index in [9.17, 15) is 4.79 Å². The molecule has 0 aliphatic carbocycles. The van der Waals surface area contributed by atoms with Gasteiger partial charge in [0, 0.05) is 17.6 Å². The van der Waals surface area contributed by atoms with E-state index in [1.54, 1.807) is 18.1 Å². The summed E-state index contributed by atoms with van der Waals surface area (Å²) in [6, 6.07) is 15.5. The van der Waals surface area contributed by atoms with Crippen LogP contribution in [0, 0.1) is 0 Å². The fourth-order valence-corrected chi connectivity index (χ4v) is 2.60. The fourth-order valence-electron chi connectivity index (χ4n) is 2.19. The lowest BCUT2D eigenvalue weighted by Crippen LogP contribution is -2.27. The molecule has 1 atom stereocenters. The molecule has 0 aromatic heterocycles. The summed E-state index contributed by atoms with van der Waals surface area (Å²) in [5, 5.41) is 0. The van der Waals surface area contributed by atoms with E-state index in [2.05, 4.69) is 15.9 Å². The molecular weight excluding hydrogens is 354 g/mol. The highest BCUT2D eigenvalue weighted by molar-refractivity contribution is 9.10. The molecule has 0 fully saturated rings. The normalized spacial score (nSPS) is 12.2. The zero-order valence-corrected chi connectivity index (χ0v) is 15.1. The minimum atomic E-state index is -0.0379. The van der Waals surface area contributed by atoms with Crippen molar-refractivity contribution in [2.75, 3.05) is 14.2 Å². The molecule has 2 aromatic carbocycles. The number of halogens is 1. The zero-order valence-electron chi connectivity index (χ0n) is 13.5. The Kier molecular flexibility index (Phi) is 5.99. The number of amides is 1.